The summed E-state index contributed by atoms with van der Waals surface area (Å²) in [6.07, 6.45) is 7.11. The third-order valence-corrected chi connectivity index (χ3v) is 3.87. The lowest BCUT2D eigenvalue weighted by Gasteiger charge is -2.33. The Bertz CT molecular complexity index is 181. The Morgan fingerprint density at radius 3 is 2.59 bits per heavy atom. The summed E-state index contributed by atoms with van der Waals surface area (Å²) in [7, 11) is 3.98. The van der Waals surface area contributed by atoms with Crippen LogP contribution in [0, 0.1) is 5.92 Å². The fraction of sp³-hybridized carbons (Fsp3) is 1.00. The summed E-state index contributed by atoms with van der Waals surface area (Å²) < 4.78 is 5.14. The van der Waals surface area contributed by atoms with Gasteiger partial charge in [0.1, 0.15) is 0 Å². The first-order valence-corrected chi connectivity index (χ1v) is 7.18. The fourth-order valence-electron chi connectivity index (χ4n) is 2.85. The molecular weight excluding hydrogens is 212 g/mol. The zero-order valence-corrected chi connectivity index (χ0v) is 11.9. The molecule has 1 N–H and O–H groups in total. The van der Waals surface area contributed by atoms with Gasteiger partial charge in [0.05, 0.1) is 6.61 Å². The Kier molecular flexibility index (Phi) is 7.82. The molecule has 3 nitrogen and oxygen atoms in total. The molecule has 0 saturated heterocycles. The van der Waals surface area contributed by atoms with Crippen LogP contribution in [0.25, 0.3) is 0 Å². The van der Waals surface area contributed by atoms with Gasteiger partial charge < -0.3 is 15.0 Å². The van der Waals surface area contributed by atoms with Crippen molar-refractivity contribution in [1.82, 2.24) is 10.2 Å². The molecule has 1 aliphatic rings. The summed E-state index contributed by atoms with van der Waals surface area (Å²) in [5, 5.41) is 3.68. The topological polar surface area (TPSA) is 24.5 Å². The molecule has 1 unspecified atom stereocenters. The van der Waals surface area contributed by atoms with Crippen molar-refractivity contribution in [3.05, 3.63) is 0 Å². The Morgan fingerprint density at radius 1 is 1.29 bits per heavy atom. The number of likely N-dealkylation sites (N-methyl/N-ethyl adjacent to an activating group) is 2. The van der Waals surface area contributed by atoms with Crippen molar-refractivity contribution >= 4 is 0 Å². The van der Waals surface area contributed by atoms with Gasteiger partial charge in [0.15, 0.2) is 0 Å². The van der Waals surface area contributed by atoms with E-state index in [4.69, 9.17) is 4.74 Å². The van der Waals surface area contributed by atoms with Crippen LogP contribution in [0.2, 0.25) is 0 Å². The number of nitrogens with one attached hydrogen (secondary N) is 1. The van der Waals surface area contributed by atoms with Crippen molar-refractivity contribution in [2.45, 2.75) is 45.1 Å². The molecular formula is C14H30N2O. The van der Waals surface area contributed by atoms with Crippen molar-refractivity contribution in [1.29, 1.82) is 0 Å². The monoisotopic (exact) mass is 242 g/mol. The molecule has 1 saturated carbocycles. The van der Waals surface area contributed by atoms with Gasteiger partial charge >= 0.3 is 0 Å². The van der Waals surface area contributed by atoms with E-state index in [0.29, 0.717) is 6.04 Å². The SMILES string of the molecule is CCNC(CN(C)CCOC)C1CCCCC1. The molecule has 1 fully saturated rings. The molecule has 0 aromatic carbocycles. The first-order chi connectivity index (χ1) is 8.27. The number of hydrogen-bond donors (Lipinski definition) is 1. The maximum absolute atomic E-state index is 5.14. The molecule has 0 aliphatic heterocycles. The van der Waals surface area contributed by atoms with E-state index in [9.17, 15) is 0 Å². The quantitative estimate of drug-likeness (QED) is 0.705. The molecule has 1 atom stereocenters. The number of rotatable bonds is 8. The third kappa shape index (κ3) is 5.84. The number of methoxy groups -OCH3 is 1. The molecule has 1 aliphatic carbocycles. The highest BCUT2D eigenvalue weighted by Crippen LogP contribution is 2.26. The van der Waals surface area contributed by atoms with Crippen LogP contribution in [-0.4, -0.2) is 51.3 Å². The van der Waals surface area contributed by atoms with Crippen molar-refractivity contribution in [2.24, 2.45) is 5.92 Å². The first-order valence-electron chi connectivity index (χ1n) is 7.18. The van der Waals surface area contributed by atoms with Crippen molar-refractivity contribution in [3.63, 3.8) is 0 Å². The molecule has 102 valence electrons. The second kappa shape index (κ2) is 8.90. The summed E-state index contributed by atoms with van der Waals surface area (Å²) in [4.78, 5) is 2.39. The lowest BCUT2D eigenvalue weighted by atomic mass is 9.83. The minimum absolute atomic E-state index is 0.669. The molecule has 0 aromatic heterocycles. The van der Waals surface area contributed by atoms with Gasteiger partial charge in [-0.05, 0) is 32.4 Å². The van der Waals surface area contributed by atoms with Gasteiger partial charge in [0.25, 0.3) is 0 Å². The standard InChI is InChI=1S/C14H30N2O/c1-4-15-14(12-16(2)10-11-17-3)13-8-6-5-7-9-13/h13-15H,4-12H2,1-3H3. The number of nitrogens with zero attached hydrogens (tertiary/aromatic N) is 1. The van der Waals surface area contributed by atoms with Gasteiger partial charge in [0, 0.05) is 26.2 Å². The second-order valence-electron chi connectivity index (χ2n) is 5.32. The lowest BCUT2D eigenvalue weighted by molar-refractivity contribution is 0.143. The summed E-state index contributed by atoms with van der Waals surface area (Å²) in [6.45, 7) is 6.32. The summed E-state index contributed by atoms with van der Waals surface area (Å²) in [6, 6.07) is 0.669. The molecule has 0 amide bonds. The Hall–Kier alpha value is -0.120. The minimum Gasteiger partial charge on any atom is -0.383 e. The summed E-state index contributed by atoms with van der Waals surface area (Å²) in [5.41, 5.74) is 0. The van der Waals surface area contributed by atoms with Crippen molar-refractivity contribution < 1.29 is 4.74 Å². The van der Waals surface area contributed by atoms with E-state index < -0.39 is 0 Å². The predicted molar refractivity (Wildman–Crippen MR) is 73.4 cm³/mol. The van der Waals surface area contributed by atoms with Crippen LogP contribution in [0.15, 0.2) is 0 Å². The van der Waals surface area contributed by atoms with E-state index in [1.165, 1.54) is 32.1 Å². The van der Waals surface area contributed by atoms with Crippen molar-refractivity contribution in [3.8, 4) is 0 Å². The Morgan fingerprint density at radius 2 is 2.00 bits per heavy atom. The molecule has 17 heavy (non-hydrogen) atoms. The van der Waals surface area contributed by atoms with E-state index in [0.717, 1.165) is 32.2 Å². The zero-order chi connectivity index (χ0) is 12.5. The van der Waals surface area contributed by atoms with E-state index in [-0.39, 0.29) is 0 Å². The Balaban J connectivity index is 2.35. The molecule has 0 bridgehead atoms. The van der Waals surface area contributed by atoms with Gasteiger partial charge in [0.2, 0.25) is 0 Å². The molecule has 0 spiro atoms. The van der Waals surface area contributed by atoms with Crippen LogP contribution in [0.3, 0.4) is 0 Å². The highest BCUT2D eigenvalue weighted by Gasteiger charge is 2.23. The van der Waals surface area contributed by atoms with Crippen LogP contribution in [0.4, 0.5) is 0 Å². The Labute approximate surface area is 107 Å². The van der Waals surface area contributed by atoms with Gasteiger partial charge in [-0.3, -0.25) is 0 Å². The fourth-order valence-corrected chi connectivity index (χ4v) is 2.85. The molecule has 0 aromatic rings. The molecule has 0 heterocycles. The molecule has 1 rings (SSSR count). The predicted octanol–water partition coefficient (Wildman–Crippen LogP) is 2.12. The first kappa shape index (κ1) is 14.9. The second-order valence-corrected chi connectivity index (χ2v) is 5.32. The number of ether oxygens (including phenoxy) is 1. The molecule has 3 heteroatoms. The van der Waals surface area contributed by atoms with Gasteiger partial charge in [-0.2, -0.15) is 0 Å². The van der Waals surface area contributed by atoms with Gasteiger partial charge in [-0.15, -0.1) is 0 Å². The van der Waals surface area contributed by atoms with Crippen LogP contribution in [0.5, 0.6) is 0 Å². The van der Waals surface area contributed by atoms with Gasteiger partial charge in [-0.25, -0.2) is 0 Å². The molecule has 0 radical (unpaired) electrons. The van der Waals surface area contributed by atoms with E-state index in [2.05, 4.69) is 24.2 Å². The van der Waals surface area contributed by atoms with Gasteiger partial charge in [-0.1, -0.05) is 26.2 Å². The maximum Gasteiger partial charge on any atom is 0.0589 e. The smallest absolute Gasteiger partial charge is 0.0589 e. The van der Waals surface area contributed by atoms with Crippen LogP contribution in [-0.2, 0) is 4.74 Å². The van der Waals surface area contributed by atoms with Crippen LogP contribution < -0.4 is 5.32 Å². The maximum atomic E-state index is 5.14. The van der Waals surface area contributed by atoms with Crippen LogP contribution >= 0.6 is 0 Å². The minimum atomic E-state index is 0.669. The zero-order valence-electron chi connectivity index (χ0n) is 11.9. The highest BCUT2D eigenvalue weighted by molar-refractivity contribution is 4.81. The largest absolute Gasteiger partial charge is 0.383 e. The van der Waals surface area contributed by atoms with Crippen molar-refractivity contribution in [2.75, 3.05) is 40.4 Å². The lowest BCUT2D eigenvalue weighted by Crippen LogP contribution is -2.45. The average molecular weight is 242 g/mol. The summed E-state index contributed by atoms with van der Waals surface area (Å²) in [5.74, 6) is 0.883. The third-order valence-electron chi connectivity index (χ3n) is 3.87. The van der Waals surface area contributed by atoms with E-state index >= 15 is 0 Å². The van der Waals surface area contributed by atoms with E-state index in [1.807, 2.05) is 0 Å². The summed E-state index contributed by atoms with van der Waals surface area (Å²) >= 11 is 0. The normalized spacial score (nSPS) is 19.8. The highest BCUT2D eigenvalue weighted by atomic mass is 16.5. The number of hydrogen-bond acceptors (Lipinski definition) is 3. The van der Waals surface area contributed by atoms with Crippen LogP contribution in [0.1, 0.15) is 39.0 Å². The average Bonchev–Trinajstić information content (AvgIpc) is 2.37. The van der Waals surface area contributed by atoms with E-state index in [1.54, 1.807) is 7.11 Å².